The third-order valence-electron chi connectivity index (χ3n) is 7.98. The maximum Gasteiger partial charge on any atom is 0.255 e. The number of nitrogens with one attached hydrogen (secondary N) is 1. The van der Waals surface area contributed by atoms with Crippen molar-refractivity contribution in [2.75, 3.05) is 6.54 Å². The molecule has 40 heavy (non-hydrogen) atoms. The molecule has 1 aliphatic carbocycles. The lowest BCUT2D eigenvalue weighted by Gasteiger charge is -2.37. The van der Waals surface area contributed by atoms with E-state index < -0.39 is 0 Å². The quantitative estimate of drug-likeness (QED) is 0.236. The molecule has 0 saturated heterocycles. The first kappa shape index (κ1) is 30.4. The predicted octanol–water partition coefficient (Wildman–Crippen LogP) is 7.79. The lowest BCUT2D eigenvalue weighted by Crippen LogP contribution is -2.42. The number of aryl methyl sites for hydroxylation is 1. The highest BCUT2D eigenvalue weighted by atomic mass is 35.5. The maximum atomic E-state index is 12.5. The molecule has 1 heterocycles. The van der Waals surface area contributed by atoms with Gasteiger partial charge in [0.15, 0.2) is 0 Å². The molecule has 0 spiro atoms. The third kappa shape index (κ3) is 7.19. The van der Waals surface area contributed by atoms with Crippen LogP contribution in [0.25, 0.3) is 0 Å². The van der Waals surface area contributed by atoms with E-state index in [0.29, 0.717) is 34.2 Å². The van der Waals surface area contributed by atoms with Crippen LogP contribution in [0.2, 0.25) is 10.0 Å². The van der Waals surface area contributed by atoms with Crippen LogP contribution in [0.3, 0.4) is 0 Å². The van der Waals surface area contributed by atoms with Crippen LogP contribution in [0.4, 0.5) is 0 Å². The number of carbonyl (C=O) groups is 1. The van der Waals surface area contributed by atoms with Crippen LogP contribution in [-0.4, -0.2) is 34.5 Å². The predicted molar refractivity (Wildman–Crippen MR) is 165 cm³/mol. The molecule has 2 atom stereocenters. The molecule has 2 aromatic carbocycles. The third-order valence-corrected chi connectivity index (χ3v) is 9.88. The molecule has 212 valence electrons. The number of phenolic OH excluding ortho intramolecular Hbond substituents is 1. The normalized spacial score (nSPS) is 15.6. The molecule has 1 amide bonds. The summed E-state index contributed by atoms with van der Waals surface area (Å²) in [4.78, 5) is 17.6. The van der Waals surface area contributed by atoms with E-state index in [-0.39, 0.29) is 17.6 Å². The number of thiophene rings is 1. The smallest absolute Gasteiger partial charge is 0.255 e. The molecule has 1 aliphatic rings. The number of aromatic hydroxyl groups is 1. The lowest BCUT2D eigenvalue weighted by atomic mass is 9.89. The summed E-state index contributed by atoms with van der Waals surface area (Å²) in [5.74, 6) is 0.0109. The second-order valence-electron chi connectivity index (χ2n) is 10.9. The van der Waals surface area contributed by atoms with E-state index >= 15 is 0 Å². The highest BCUT2D eigenvalue weighted by Crippen LogP contribution is 2.38. The van der Waals surface area contributed by atoms with Gasteiger partial charge in [-0.05, 0) is 87.3 Å². The van der Waals surface area contributed by atoms with Gasteiger partial charge in [-0.25, -0.2) is 0 Å². The molecular formula is C32H37Cl2N3O2S. The number of amides is 1. The minimum Gasteiger partial charge on any atom is -0.507 e. The lowest BCUT2D eigenvalue weighted by molar-refractivity contribution is 0.0943. The molecule has 8 heteroatoms. The number of rotatable bonds is 11. The average Bonchev–Trinajstić information content (AvgIpc) is 3.29. The van der Waals surface area contributed by atoms with Crippen LogP contribution in [0, 0.1) is 17.2 Å². The topological polar surface area (TPSA) is 76.4 Å². The fourth-order valence-electron chi connectivity index (χ4n) is 5.58. The fraction of sp³-hybridized carbons (Fsp3) is 0.438. The molecule has 2 unspecified atom stereocenters. The molecule has 5 nitrogen and oxygen atoms in total. The van der Waals surface area contributed by atoms with Gasteiger partial charge in [-0.15, -0.1) is 11.3 Å². The Morgan fingerprint density at radius 2 is 2.02 bits per heavy atom. The molecular weight excluding hydrogens is 561 g/mol. The van der Waals surface area contributed by atoms with Crippen LogP contribution < -0.4 is 5.32 Å². The van der Waals surface area contributed by atoms with Crippen molar-refractivity contribution in [1.29, 1.82) is 5.26 Å². The molecule has 2 N–H and O–H groups in total. The van der Waals surface area contributed by atoms with Crippen molar-refractivity contribution >= 4 is 40.4 Å². The molecule has 0 bridgehead atoms. The van der Waals surface area contributed by atoms with Crippen molar-refractivity contribution in [3.63, 3.8) is 0 Å². The number of fused-ring (bicyclic) bond motifs is 1. The van der Waals surface area contributed by atoms with Gasteiger partial charge in [0.1, 0.15) is 11.8 Å². The summed E-state index contributed by atoms with van der Waals surface area (Å²) < 4.78 is 0. The number of benzene rings is 2. The maximum absolute atomic E-state index is 12.5. The van der Waals surface area contributed by atoms with E-state index in [1.807, 2.05) is 12.1 Å². The Morgan fingerprint density at radius 1 is 1.25 bits per heavy atom. The molecule has 0 aliphatic heterocycles. The Morgan fingerprint density at radius 3 is 2.70 bits per heavy atom. The largest absolute Gasteiger partial charge is 0.507 e. The summed E-state index contributed by atoms with van der Waals surface area (Å²) in [7, 11) is 0. The molecule has 0 radical (unpaired) electrons. The van der Waals surface area contributed by atoms with Crippen molar-refractivity contribution < 1.29 is 9.90 Å². The monoisotopic (exact) mass is 597 g/mol. The first-order chi connectivity index (χ1) is 19.2. The van der Waals surface area contributed by atoms with Gasteiger partial charge < -0.3 is 10.4 Å². The molecule has 1 aromatic heterocycles. The summed E-state index contributed by atoms with van der Waals surface area (Å²) in [6.07, 6.45) is 5.49. The summed E-state index contributed by atoms with van der Waals surface area (Å²) in [5, 5.41) is 24.4. The highest BCUT2D eigenvalue weighted by molar-refractivity contribution is 7.12. The van der Waals surface area contributed by atoms with Crippen molar-refractivity contribution in [2.45, 2.75) is 77.9 Å². The minimum atomic E-state index is -0.263. The van der Waals surface area contributed by atoms with E-state index in [0.717, 1.165) is 61.1 Å². The van der Waals surface area contributed by atoms with Gasteiger partial charge >= 0.3 is 0 Å². The Hall–Kier alpha value is -2.56. The highest BCUT2D eigenvalue weighted by Gasteiger charge is 2.30. The summed E-state index contributed by atoms with van der Waals surface area (Å²) in [6.45, 7) is 7.88. The number of phenols is 1. The van der Waals surface area contributed by atoms with Gasteiger partial charge in [-0.1, -0.05) is 54.7 Å². The number of hydrogen-bond acceptors (Lipinski definition) is 5. The van der Waals surface area contributed by atoms with Gasteiger partial charge in [0, 0.05) is 45.0 Å². The number of nitrogens with zero attached hydrogens (tertiary/aromatic N) is 2. The molecule has 0 fully saturated rings. The molecule has 4 rings (SSSR count). The van der Waals surface area contributed by atoms with Crippen molar-refractivity contribution in [1.82, 2.24) is 10.2 Å². The average molecular weight is 599 g/mol. The number of para-hydroxylation sites is 1. The zero-order chi connectivity index (χ0) is 28.8. The number of nitriles is 1. The van der Waals surface area contributed by atoms with Crippen LogP contribution in [0.5, 0.6) is 5.75 Å². The second-order valence-corrected chi connectivity index (χ2v) is 12.9. The van der Waals surface area contributed by atoms with Gasteiger partial charge in [0.2, 0.25) is 0 Å². The SMILES string of the molecule is CCC(CCc1sc2c(c1C#N)CCC(N(Cc1ccc(Cl)cc1Cl)C(C)C)C2)CNC(=O)c1ccccc1O. The number of halogens is 2. The van der Waals surface area contributed by atoms with E-state index in [1.165, 1.54) is 16.5 Å². The van der Waals surface area contributed by atoms with Gasteiger partial charge in [-0.2, -0.15) is 5.26 Å². The zero-order valence-electron chi connectivity index (χ0n) is 23.3. The van der Waals surface area contributed by atoms with Gasteiger partial charge in [0.05, 0.1) is 11.1 Å². The number of carbonyl (C=O) groups excluding carboxylic acids is 1. The summed E-state index contributed by atoms with van der Waals surface area (Å²) in [5.41, 5.74) is 3.46. The molecule has 3 aromatic rings. The van der Waals surface area contributed by atoms with Crippen LogP contribution in [0.1, 0.15) is 76.8 Å². The van der Waals surface area contributed by atoms with Crippen LogP contribution in [0.15, 0.2) is 42.5 Å². The second kappa shape index (κ2) is 13.9. The number of hydrogen-bond donors (Lipinski definition) is 2. The first-order valence-corrected chi connectivity index (χ1v) is 15.6. The van der Waals surface area contributed by atoms with E-state index in [9.17, 15) is 15.2 Å². The molecule has 0 saturated carbocycles. The standard InChI is InChI=1S/C32H37Cl2N3O2S/c1-4-21(18-36-32(39)26-7-5-6-8-29(26)38)9-14-30-27(17-35)25-13-12-24(16-31(25)40-30)37(20(2)3)19-22-10-11-23(33)15-28(22)34/h5-8,10-11,15,20-21,24,38H,4,9,12-14,16,18-19H2,1-3H3,(H,36,39). The summed E-state index contributed by atoms with van der Waals surface area (Å²) in [6, 6.07) is 15.5. The van der Waals surface area contributed by atoms with Crippen LogP contribution >= 0.6 is 34.5 Å². The fourth-order valence-corrected chi connectivity index (χ4v) is 7.44. The van der Waals surface area contributed by atoms with E-state index in [2.05, 4.69) is 37.1 Å². The zero-order valence-corrected chi connectivity index (χ0v) is 25.7. The van der Waals surface area contributed by atoms with Crippen molar-refractivity contribution in [3.05, 3.63) is 84.5 Å². The van der Waals surface area contributed by atoms with E-state index in [4.69, 9.17) is 23.2 Å². The van der Waals surface area contributed by atoms with Crippen LogP contribution in [-0.2, 0) is 25.8 Å². The Kier molecular flexibility index (Phi) is 10.5. The Labute approximate surface area is 251 Å². The van der Waals surface area contributed by atoms with E-state index in [1.54, 1.807) is 35.6 Å². The first-order valence-electron chi connectivity index (χ1n) is 14.0. The van der Waals surface area contributed by atoms with Crippen molar-refractivity contribution in [3.8, 4) is 11.8 Å². The van der Waals surface area contributed by atoms with Crippen molar-refractivity contribution in [2.24, 2.45) is 5.92 Å². The van der Waals surface area contributed by atoms with Gasteiger partial charge in [0.25, 0.3) is 5.91 Å². The Balaban J connectivity index is 1.41. The minimum absolute atomic E-state index is 0.0125. The summed E-state index contributed by atoms with van der Waals surface area (Å²) >= 11 is 14.4. The Bertz CT molecular complexity index is 1380. The van der Waals surface area contributed by atoms with Gasteiger partial charge in [-0.3, -0.25) is 9.69 Å².